The average molecular weight is 490 g/mol. The van der Waals surface area contributed by atoms with Crippen molar-refractivity contribution in [3.63, 3.8) is 0 Å². The molecule has 1 unspecified atom stereocenters. The molecule has 0 fully saturated rings. The van der Waals surface area contributed by atoms with Crippen LogP contribution in [-0.4, -0.2) is 22.6 Å². The Balaban J connectivity index is 1.39. The second kappa shape index (κ2) is 8.96. The highest BCUT2D eigenvalue weighted by Crippen LogP contribution is 2.44. The van der Waals surface area contributed by atoms with Gasteiger partial charge in [0.05, 0.1) is 19.3 Å². The fourth-order valence-corrected chi connectivity index (χ4v) is 7.45. The number of thiophene rings is 2. The van der Waals surface area contributed by atoms with Gasteiger partial charge in [0, 0.05) is 28.1 Å². The van der Waals surface area contributed by atoms with Crippen molar-refractivity contribution in [2.75, 3.05) is 7.11 Å². The summed E-state index contributed by atoms with van der Waals surface area (Å²) < 4.78 is 7.68. The van der Waals surface area contributed by atoms with E-state index < -0.39 is 0 Å². The van der Waals surface area contributed by atoms with Crippen molar-refractivity contribution in [1.82, 2.24) is 14.8 Å². The number of hydrogen-bond acceptors (Lipinski definition) is 4. The lowest BCUT2D eigenvalue weighted by Crippen LogP contribution is -2.41. The molecule has 1 N–H and O–H groups in total. The molecule has 1 aromatic carbocycles. The van der Waals surface area contributed by atoms with E-state index in [1.807, 2.05) is 40.5 Å². The topological polar surface area (TPSA) is 46.5 Å². The van der Waals surface area contributed by atoms with Crippen LogP contribution < -0.4 is 10.1 Å². The zero-order chi connectivity index (χ0) is 23.1. The van der Waals surface area contributed by atoms with Crippen LogP contribution >= 0.6 is 22.7 Å². The zero-order valence-electron chi connectivity index (χ0n) is 19.1. The lowest BCUT2D eigenvalue weighted by molar-refractivity contribution is 0.181. The van der Waals surface area contributed by atoms with Crippen molar-refractivity contribution in [3.8, 4) is 10.8 Å². The first-order valence-corrected chi connectivity index (χ1v) is 13.4. The molecule has 3 aromatic heterocycles. The van der Waals surface area contributed by atoms with Crippen LogP contribution in [0.1, 0.15) is 51.0 Å². The molecule has 0 saturated heterocycles. The number of aryl methyl sites for hydroxylation is 1. The van der Waals surface area contributed by atoms with E-state index in [0.29, 0.717) is 13.1 Å². The summed E-state index contributed by atoms with van der Waals surface area (Å²) in [5.74, 6) is 0.797. The first-order valence-electron chi connectivity index (χ1n) is 11.7. The predicted octanol–water partition coefficient (Wildman–Crippen LogP) is 6.30. The summed E-state index contributed by atoms with van der Waals surface area (Å²) in [4.78, 5) is 18.5. The highest BCUT2D eigenvalue weighted by atomic mass is 32.1. The minimum Gasteiger partial charge on any atom is -0.497 e. The van der Waals surface area contributed by atoms with Gasteiger partial charge < -0.3 is 19.5 Å². The van der Waals surface area contributed by atoms with Crippen molar-refractivity contribution in [2.24, 2.45) is 0 Å². The minimum atomic E-state index is -0.126. The molecule has 5 nitrogen and oxygen atoms in total. The summed E-state index contributed by atoms with van der Waals surface area (Å²) in [6.45, 7) is 1.08. The molecule has 0 saturated carbocycles. The number of nitrogens with zero attached hydrogens (tertiary/aromatic N) is 2. The minimum absolute atomic E-state index is 0.0439. The molecule has 2 amide bonds. The van der Waals surface area contributed by atoms with E-state index in [-0.39, 0.29) is 12.1 Å². The number of rotatable bonds is 4. The highest BCUT2D eigenvalue weighted by Gasteiger charge is 2.36. The number of fused-ring (bicyclic) bond motifs is 5. The number of aromatic nitrogens is 1. The van der Waals surface area contributed by atoms with Crippen molar-refractivity contribution in [1.29, 1.82) is 0 Å². The maximum atomic E-state index is 13.8. The van der Waals surface area contributed by atoms with E-state index in [0.717, 1.165) is 29.8 Å². The lowest BCUT2D eigenvalue weighted by atomic mass is 9.95. The molecule has 174 valence electrons. The largest absolute Gasteiger partial charge is 0.497 e. The van der Waals surface area contributed by atoms with Crippen molar-refractivity contribution in [3.05, 3.63) is 92.2 Å². The van der Waals surface area contributed by atoms with Gasteiger partial charge in [0.2, 0.25) is 0 Å². The summed E-state index contributed by atoms with van der Waals surface area (Å²) in [6.07, 6.45) is 6.91. The number of nitrogens with one attached hydrogen (secondary N) is 1. The van der Waals surface area contributed by atoms with E-state index >= 15 is 0 Å². The van der Waals surface area contributed by atoms with Crippen molar-refractivity contribution >= 4 is 28.7 Å². The van der Waals surface area contributed by atoms with Gasteiger partial charge in [-0.1, -0.05) is 18.2 Å². The number of hydrogen-bond donors (Lipinski definition) is 1. The molecular formula is C27H27N3O2S2. The van der Waals surface area contributed by atoms with Crippen LogP contribution in [0.3, 0.4) is 0 Å². The van der Waals surface area contributed by atoms with Crippen molar-refractivity contribution < 1.29 is 9.53 Å². The smallest absolute Gasteiger partial charge is 0.318 e. The number of methoxy groups -OCH3 is 1. The number of carbonyl (C=O) groups excluding carboxylic acids is 1. The van der Waals surface area contributed by atoms with Crippen LogP contribution in [0.2, 0.25) is 0 Å². The van der Waals surface area contributed by atoms with Gasteiger partial charge in [-0.25, -0.2) is 4.79 Å². The molecule has 0 radical (unpaired) electrons. The molecule has 4 aromatic rings. The Morgan fingerprint density at radius 2 is 2.03 bits per heavy atom. The van der Waals surface area contributed by atoms with Gasteiger partial charge in [0.25, 0.3) is 0 Å². The van der Waals surface area contributed by atoms with Crippen LogP contribution in [0.25, 0.3) is 5.00 Å². The van der Waals surface area contributed by atoms with Gasteiger partial charge in [-0.15, -0.1) is 22.7 Å². The van der Waals surface area contributed by atoms with E-state index in [1.165, 1.54) is 38.7 Å². The van der Waals surface area contributed by atoms with Crippen LogP contribution in [-0.2, 0) is 25.9 Å². The summed E-state index contributed by atoms with van der Waals surface area (Å²) in [5.41, 5.74) is 4.97. The van der Waals surface area contributed by atoms with Crippen LogP contribution in [0.4, 0.5) is 4.79 Å². The Bertz CT molecular complexity index is 1320. The predicted molar refractivity (Wildman–Crippen MR) is 137 cm³/mol. The Labute approximate surface area is 207 Å². The van der Waals surface area contributed by atoms with Gasteiger partial charge in [-0.05, 0) is 72.5 Å². The second-order valence-electron chi connectivity index (χ2n) is 8.85. The fraction of sp³-hybridized carbons (Fsp3) is 0.296. The zero-order valence-corrected chi connectivity index (χ0v) is 20.8. The van der Waals surface area contributed by atoms with Crippen LogP contribution in [0, 0.1) is 0 Å². The normalized spacial score (nSPS) is 16.9. The summed E-state index contributed by atoms with van der Waals surface area (Å²) in [5, 5.41) is 6.58. The monoisotopic (exact) mass is 489 g/mol. The molecule has 0 bridgehead atoms. The maximum Gasteiger partial charge on any atom is 0.318 e. The molecule has 1 atom stereocenters. The van der Waals surface area contributed by atoms with Gasteiger partial charge >= 0.3 is 6.03 Å². The Kier molecular flexibility index (Phi) is 5.67. The summed E-state index contributed by atoms with van der Waals surface area (Å²) >= 11 is 3.63. The Morgan fingerprint density at radius 3 is 2.88 bits per heavy atom. The third-order valence-corrected chi connectivity index (χ3v) is 9.09. The van der Waals surface area contributed by atoms with Gasteiger partial charge in [0.15, 0.2) is 0 Å². The standard InChI is InChI=1S/C27H27N3O2S2/c1-32-19-8-4-7-18(15-19)16-28-27(31)30-17-21-20-9-2-3-11-23(20)34-26(21)29-13-5-10-22(29)25(30)24-12-6-14-33-24/h4-8,10,12-15,25H,2-3,9,11,16-17H2,1H3,(H,28,31). The third kappa shape index (κ3) is 3.73. The second-order valence-corrected chi connectivity index (χ2v) is 10.9. The first kappa shape index (κ1) is 21.5. The van der Waals surface area contributed by atoms with Gasteiger partial charge in [-0.3, -0.25) is 0 Å². The third-order valence-electron chi connectivity index (χ3n) is 6.83. The lowest BCUT2D eigenvalue weighted by Gasteiger charge is -2.30. The Hall–Kier alpha value is -3.03. The quantitative estimate of drug-likeness (QED) is 0.366. The molecule has 34 heavy (non-hydrogen) atoms. The average Bonchev–Trinajstić information content (AvgIpc) is 3.62. The molecule has 6 rings (SSSR count). The number of carbonyl (C=O) groups is 1. The maximum absolute atomic E-state index is 13.8. The number of urea groups is 1. The number of ether oxygens (including phenoxy) is 1. The summed E-state index contributed by atoms with van der Waals surface area (Å²) in [7, 11) is 1.66. The Morgan fingerprint density at radius 1 is 1.12 bits per heavy atom. The van der Waals surface area contributed by atoms with Gasteiger partial charge in [0.1, 0.15) is 16.8 Å². The van der Waals surface area contributed by atoms with E-state index in [1.54, 1.807) is 18.4 Å². The number of amides is 2. The van der Waals surface area contributed by atoms with E-state index in [4.69, 9.17) is 4.74 Å². The highest BCUT2D eigenvalue weighted by molar-refractivity contribution is 7.15. The molecule has 2 aliphatic rings. The molecule has 1 aliphatic heterocycles. The molecule has 1 aliphatic carbocycles. The molecule has 7 heteroatoms. The fourth-order valence-electron chi connectivity index (χ4n) is 5.19. The van der Waals surface area contributed by atoms with Gasteiger partial charge in [-0.2, -0.15) is 0 Å². The molecular weight excluding hydrogens is 462 g/mol. The first-order chi connectivity index (χ1) is 16.7. The van der Waals surface area contributed by atoms with Crippen molar-refractivity contribution in [2.45, 2.75) is 44.8 Å². The SMILES string of the molecule is COc1cccc(CNC(=O)N2Cc3c(sc4c3CCCC4)-n3cccc3C2c2cccs2)c1. The summed E-state index contributed by atoms with van der Waals surface area (Å²) in [6, 6.07) is 16.2. The van der Waals surface area contributed by atoms with Crippen LogP contribution in [0.15, 0.2) is 60.1 Å². The molecule has 0 spiro atoms. The van der Waals surface area contributed by atoms with E-state index in [9.17, 15) is 4.79 Å². The van der Waals surface area contributed by atoms with E-state index in [2.05, 4.69) is 45.7 Å². The molecule has 4 heterocycles. The van der Waals surface area contributed by atoms with Crippen LogP contribution in [0.5, 0.6) is 5.75 Å². The number of benzene rings is 1.